The standard InChI is InChI=1S/C21H40O6/c1-5-17(3)7-22-13-21(14-23-8-18(4)6-2,15-24-9-19-11-26-19)16-25-10-20-12-27-20/h17-20H,5-16H2,1-4H3. The van der Waals surface area contributed by atoms with Crippen molar-refractivity contribution in [2.75, 3.05) is 66.1 Å². The Morgan fingerprint density at radius 1 is 0.741 bits per heavy atom. The van der Waals surface area contributed by atoms with Gasteiger partial charge < -0.3 is 28.4 Å². The summed E-state index contributed by atoms with van der Waals surface area (Å²) in [5, 5.41) is 0. The Kier molecular flexibility index (Phi) is 10.5. The van der Waals surface area contributed by atoms with Crippen LogP contribution in [0.1, 0.15) is 40.5 Å². The van der Waals surface area contributed by atoms with Crippen LogP contribution >= 0.6 is 0 Å². The fourth-order valence-corrected chi connectivity index (χ4v) is 2.58. The van der Waals surface area contributed by atoms with E-state index >= 15 is 0 Å². The maximum Gasteiger partial charge on any atom is 0.104 e. The van der Waals surface area contributed by atoms with Crippen LogP contribution in [0.25, 0.3) is 0 Å². The fraction of sp³-hybridized carbons (Fsp3) is 1.00. The van der Waals surface area contributed by atoms with Crippen LogP contribution in [0.4, 0.5) is 0 Å². The lowest BCUT2D eigenvalue weighted by Gasteiger charge is -2.33. The molecule has 2 rings (SSSR count). The Morgan fingerprint density at radius 2 is 1.11 bits per heavy atom. The highest BCUT2D eigenvalue weighted by molar-refractivity contribution is 4.81. The highest BCUT2D eigenvalue weighted by atomic mass is 16.6. The van der Waals surface area contributed by atoms with Crippen LogP contribution in [0, 0.1) is 17.3 Å². The molecule has 2 saturated heterocycles. The monoisotopic (exact) mass is 388 g/mol. The zero-order chi connectivity index (χ0) is 19.5. The van der Waals surface area contributed by atoms with Crippen molar-refractivity contribution in [3.05, 3.63) is 0 Å². The summed E-state index contributed by atoms with van der Waals surface area (Å²) in [5.41, 5.74) is -0.301. The summed E-state index contributed by atoms with van der Waals surface area (Å²) < 4.78 is 34.6. The molecule has 0 aromatic rings. The molecule has 0 N–H and O–H groups in total. The molecule has 6 heteroatoms. The predicted octanol–water partition coefficient (Wildman–Crippen LogP) is 2.93. The molecule has 0 aromatic heterocycles. The van der Waals surface area contributed by atoms with Gasteiger partial charge in [-0.25, -0.2) is 0 Å². The van der Waals surface area contributed by atoms with Crippen molar-refractivity contribution >= 4 is 0 Å². The molecule has 0 saturated carbocycles. The second-order valence-corrected chi connectivity index (χ2v) is 8.50. The highest BCUT2D eigenvalue weighted by Gasteiger charge is 2.35. The van der Waals surface area contributed by atoms with Gasteiger partial charge in [-0.1, -0.05) is 40.5 Å². The molecular formula is C21H40O6. The van der Waals surface area contributed by atoms with Crippen molar-refractivity contribution in [3.63, 3.8) is 0 Å². The zero-order valence-electron chi connectivity index (χ0n) is 17.7. The van der Waals surface area contributed by atoms with E-state index in [-0.39, 0.29) is 17.6 Å². The van der Waals surface area contributed by atoms with Gasteiger partial charge in [0.2, 0.25) is 0 Å². The van der Waals surface area contributed by atoms with Gasteiger partial charge in [0.05, 0.1) is 58.3 Å². The number of hydrogen-bond donors (Lipinski definition) is 0. The minimum atomic E-state index is -0.301. The lowest BCUT2D eigenvalue weighted by atomic mass is 9.92. The molecule has 27 heavy (non-hydrogen) atoms. The van der Waals surface area contributed by atoms with Crippen LogP contribution in [0.5, 0.6) is 0 Å². The van der Waals surface area contributed by atoms with Crippen molar-refractivity contribution in [1.82, 2.24) is 0 Å². The molecule has 0 aromatic carbocycles. The Morgan fingerprint density at radius 3 is 1.44 bits per heavy atom. The van der Waals surface area contributed by atoms with E-state index in [4.69, 9.17) is 28.4 Å². The molecule has 4 unspecified atom stereocenters. The molecule has 2 aliphatic heterocycles. The van der Waals surface area contributed by atoms with Gasteiger partial charge in [0.1, 0.15) is 12.2 Å². The average Bonchev–Trinajstić information content (AvgIpc) is 3.56. The van der Waals surface area contributed by atoms with E-state index < -0.39 is 0 Å². The second-order valence-electron chi connectivity index (χ2n) is 8.50. The van der Waals surface area contributed by atoms with Crippen molar-refractivity contribution in [3.8, 4) is 0 Å². The van der Waals surface area contributed by atoms with Crippen molar-refractivity contribution in [2.24, 2.45) is 17.3 Å². The number of ether oxygens (including phenoxy) is 6. The topological polar surface area (TPSA) is 62.0 Å². The van der Waals surface area contributed by atoms with Crippen LogP contribution in [-0.4, -0.2) is 78.3 Å². The molecular weight excluding hydrogens is 348 g/mol. The van der Waals surface area contributed by atoms with E-state index in [0.717, 1.165) is 39.3 Å². The summed E-state index contributed by atoms with van der Waals surface area (Å²) in [6, 6.07) is 0. The first-order valence-corrected chi connectivity index (χ1v) is 10.6. The predicted molar refractivity (Wildman–Crippen MR) is 104 cm³/mol. The summed E-state index contributed by atoms with van der Waals surface area (Å²) in [6.07, 6.45) is 2.74. The van der Waals surface area contributed by atoms with Gasteiger partial charge in [-0.2, -0.15) is 0 Å². The van der Waals surface area contributed by atoms with Crippen molar-refractivity contribution in [1.29, 1.82) is 0 Å². The van der Waals surface area contributed by atoms with E-state index in [2.05, 4.69) is 27.7 Å². The normalized spacial score (nSPS) is 25.8. The summed E-state index contributed by atoms with van der Waals surface area (Å²) in [4.78, 5) is 0. The molecule has 0 radical (unpaired) electrons. The van der Waals surface area contributed by atoms with Gasteiger partial charge in [0, 0.05) is 13.2 Å². The Bertz CT molecular complexity index is 347. The highest BCUT2D eigenvalue weighted by Crippen LogP contribution is 2.24. The van der Waals surface area contributed by atoms with Crippen molar-refractivity contribution < 1.29 is 28.4 Å². The first-order chi connectivity index (χ1) is 13.1. The number of epoxide rings is 2. The van der Waals surface area contributed by atoms with Gasteiger partial charge in [-0.15, -0.1) is 0 Å². The van der Waals surface area contributed by atoms with Gasteiger partial charge in [0.25, 0.3) is 0 Å². The van der Waals surface area contributed by atoms with Gasteiger partial charge in [-0.05, 0) is 11.8 Å². The van der Waals surface area contributed by atoms with Gasteiger partial charge in [-0.3, -0.25) is 0 Å². The number of hydrogen-bond acceptors (Lipinski definition) is 6. The molecule has 0 spiro atoms. The van der Waals surface area contributed by atoms with Crippen LogP contribution < -0.4 is 0 Å². The van der Waals surface area contributed by atoms with E-state index in [1.807, 2.05) is 0 Å². The maximum absolute atomic E-state index is 6.08. The summed E-state index contributed by atoms with van der Waals surface area (Å²) in [5.74, 6) is 1.09. The van der Waals surface area contributed by atoms with Crippen LogP contribution in [0.3, 0.4) is 0 Å². The van der Waals surface area contributed by atoms with E-state index in [1.165, 1.54) is 0 Å². The van der Waals surface area contributed by atoms with E-state index in [1.54, 1.807) is 0 Å². The molecule has 0 amide bonds. The summed E-state index contributed by atoms with van der Waals surface area (Å²) >= 11 is 0. The fourth-order valence-electron chi connectivity index (χ4n) is 2.58. The molecule has 0 aliphatic carbocycles. The summed E-state index contributed by atoms with van der Waals surface area (Å²) in [6.45, 7) is 15.4. The Balaban J connectivity index is 1.87. The lowest BCUT2D eigenvalue weighted by molar-refractivity contribution is -0.114. The first kappa shape index (κ1) is 23.0. The Hall–Kier alpha value is -0.240. The van der Waals surface area contributed by atoms with Crippen LogP contribution in [0.2, 0.25) is 0 Å². The van der Waals surface area contributed by atoms with Crippen LogP contribution in [-0.2, 0) is 28.4 Å². The Labute approximate surface area is 165 Å². The largest absolute Gasteiger partial charge is 0.380 e. The van der Waals surface area contributed by atoms with E-state index in [9.17, 15) is 0 Å². The van der Waals surface area contributed by atoms with Crippen LogP contribution in [0.15, 0.2) is 0 Å². The van der Waals surface area contributed by atoms with E-state index in [0.29, 0.717) is 51.5 Å². The minimum Gasteiger partial charge on any atom is -0.380 e. The minimum absolute atomic E-state index is 0.255. The second kappa shape index (κ2) is 12.3. The smallest absolute Gasteiger partial charge is 0.104 e. The molecule has 2 aliphatic rings. The quantitative estimate of drug-likeness (QED) is 0.337. The number of rotatable bonds is 18. The molecule has 4 atom stereocenters. The maximum atomic E-state index is 6.08. The SMILES string of the molecule is CCC(C)COCC(COCC(C)CC)(COCC1CO1)COCC1CO1. The molecule has 0 bridgehead atoms. The third-order valence-corrected chi connectivity index (χ3v) is 5.24. The first-order valence-electron chi connectivity index (χ1n) is 10.6. The summed E-state index contributed by atoms with van der Waals surface area (Å²) in [7, 11) is 0. The van der Waals surface area contributed by atoms with Crippen molar-refractivity contribution in [2.45, 2.75) is 52.7 Å². The third-order valence-electron chi connectivity index (χ3n) is 5.24. The lowest BCUT2D eigenvalue weighted by Crippen LogP contribution is -2.43. The molecule has 2 heterocycles. The molecule has 160 valence electrons. The van der Waals surface area contributed by atoms with Gasteiger partial charge >= 0.3 is 0 Å². The average molecular weight is 389 g/mol. The molecule has 2 fully saturated rings. The zero-order valence-corrected chi connectivity index (χ0v) is 17.7. The van der Waals surface area contributed by atoms with Gasteiger partial charge in [0.15, 0.2) is 0 Å². The third kappa shape index (κ3) is 10.2. The molecule has 6 nitrogen and oxygen atoms in total.